The minimum atomic E-state index is 0.754. The zero-order valence-corrected chi connectivity index (χ0v) is 12.1. The third-order valence-electron chi connectivity index (χ3n) is 2.54. The molecule has 0 radical (unpaired) electrons. The van der Waals surface area contributed by atoms with Crippen molar-refractivity contribution in [3.05, 3.63) is 45.8 Å². The number of halogens is 1. The number of hydrogen-bond donors (Lipinski definition) is 1. The summed E-state index contributed by atoms with van der Waals surface area (Å²) in [5.74, 6) is 0.838. The number of aryl methyl sites for hydroxylation is 1. The third-order valence-corrected chi connectivity index (χ3v) is 3.00. The molecule has 0 saturated carbocycles. The van der Waals surface area contributed by atoms with Crippen LogP contribution in [0, 0.1) is 6.92 Å². The molecule has 0 aliphatic carbocycles. The molecule has 1 aromatic carbocycles. The van der Waals surface area contributed by atoms with E-state index in [2.05, 4.69) is 32.1 Å². The quantitative estimate of drug-likeness (QED) is 0.882. The number of hydrogen-bond acceptors (Lipinski definition) is 4. The highest BCUT2D eigenvalue weighted by molar-refractivity contribution is 9.10. The number of nitrogen functional groups attached to an aromatic ring is 1. The van der Waals surface area contributed by atoms with Gasteiger partial charge >= 0.3 is 0 Å². The summed E-state index contributed by atoms with van der Waals surface area (Å²) in [5.41, 5.74) is 8.70. The lowest BCUT2D eigenvalue weighted by molar-refractivity contribution is 0.302. The fourth-order valence-corrected chi connectivity index (χ4v) is 2.46. The Hall–Kier alpha value is -1.33. The molecule has 0 aliphatic heterocycles. The largest absolute Gasteiger partial charge is 0.399 e. The van der Waals surface area contributed by atoms with E-state index in [0.717, 1.165) is 34.7 Å². The maximum Gasteiger partial charge on any atom is 0.133 e. The Morgan fingerprint density at radius 3 is 2.67 bits per heavy atom. The van der Waals surface area contributed by atoms with Crippen molar-refractivity contribution >= 4 is 21.6 Å². The highest BCUT2D eigenvalue weighted by Gasteiger charge is 2.06. The van der Waals surface area contributed by atoms with Gasteiger partial charge in [0.25, 0.3) is 0 Å². The number of benzene rings is 1. The van der Waals surface area contributed by atoms with Gasteiger partial charge in [0, 0.05) is 29.3 Å². The van der Waals surface area contributed by atoms with Gasteiger partial charge in [-0.05, 0) is 37.7 Å². The average molecular weight is 310 g/mol. The van der Waals surface area contributed by atoms with E-state index >= 15 is 0 Å². The van der Waals surface area contributed by atoms with Gasteiger partial charge in [-0.1, -0.05) is 21.1 Å². The molecule has 0 spiro atoms. The van der Waals surface area contributed by atoms with Crippen molar-refractivity contribution in [3.63, 3.8) is 0 Å². The van der Waals surface area contributed by atoms with Crippen molar-refractivity contribution in [2.24, 2.45) is 0 Å². The summed E-state index contributed by atoms with van der Waals surface area (Å²) in [6.07, 6.45) is 0. The van der Waals surface area contributed by atoms with Crippen LogP contribution in [0.5, 0.6) is 0 Å². The predicted molar refractivity (Wildman–Crippen MR) is 75.0 cm³/mol. The monoisotopic (exact) mass is 309 g/mol. The highest BCUT2D eigenvalue weighted by atomic mass is 79.9. The maximum absolute atomic E-state index is 5.82. The fourth-order valence-electron chi connectivity index (χ4n) is 1.90. The Bertz CT molecular complexity index is 519. The molecule has 0 amide bonds. The number of nitrogens with zero attached hydrogens (tertiary/aromatic N) is 2. The summed E-state index contributed by atoms with van der Waals surface area (Å²) in [7, 11) is 2.04. The number of nitrogens with two attached hydrogens (primary N) is 1. The molecule has 0 unspecified atom stereocenters. The second kappa shape index (κ2) is 5.54. The van der Waals surface area contributed by atoms with Crippen LogP contribution in [-0.4, -0.2) is 17.1 Å². The van der Waals surface area contributed by atoms with E-state index in [1.807, 2.05) is 32.2 Å². The lowest BCUT2D eigenvalue weighted by Crippen LogP contribution is -2.17. The van der Waals surface area contributed by atoms with E-state index in [4.69, 9.17) is 10.3 Å². The Morgan fingerprint density at radius 1 is 1.28 bits per heavy atom. The average Bonchev–Trinajstić information content (AvgIpc) is 2.61. The zero-order chi connectivity index (χ0) is 13.1. The van der Waals surface area contributed by atoms with Crippen LogP contribution in [0.1, 0.15) is 17.0 Å². The van der Waals surface area contributed by atoms with Crippen LogP contribution < -0.4 is 5.73 Å². The topological polar surface area (TPSA) is 55.3 Å². The Balaban J connectivity index is 2.00. The molecule has 18 heavy (non-hydrogen) atoms. The van der Waals surface area contributed by atoms with Crippen LogP contribution in [0.3, 0.4) is 0 Å². The third kappa shape index (κ3) is 3.58. The summed E-state index contributed by atoms with van der Waals surface area (Å²) < 4.78 is 6.05. The molecular weight excluding hydrogens is 294 g/mol. The van der Waals surface area contributed by atoms with Gasteiger partial charge < -0.3 is 10.3 Å². The summed E-state index contributed by atoms with van der Waals surface area (Å²) in [6, 6.07) is 7.90. The Kier molecular flexibility index (Phi) is 4.04. The van der Waals surface area contributed by atoms with Crippen molar-refractivity contribution in [2.75, 3.05) is 12.8 Å². The van der Waals surface area contributed by atoms with E-state index in [9.17, 15) is 0 Å². The molecule has 0 saturated heterocycles. The van der Waals surface area contributed by atoms with Crippen LogP contribution in [0.25, 0.3) is 0 Å². The van der Waals surface area contributed by atoms with Crippen molar-refractivity contribution in [2.45, 2.75) is 20.0 Å². The fraction of sp³-hybridized carbons (Fsp3) is 0.308. The molecule has 1 heterocycles. The van der Waals surface area contributed by atoms with Crippen LogP contribution in [0.2, 0.25) is 0 Å². The maximum atomic E-state index is 5.82. The normalized spacial score (nSPS) is 11.1. The molecule has 4 nitrogen and oxygen atoms in total. The van der Waals surface area contributed by atoms with Gasteiger partial charge in [0.2, 0.25) is 0 Å². The molecule has 2 rings (SSSR count). The van der Waals surface area contributed by atoms with Gasteiger partial charge in [0.1, 0.15) is 5.76 Å². The molecular formula is C13H16BrN3O. The Morgan fingerprint density at radius 2 is 2.06 bits per heavy atom. The van der Waals surface area contributed by atoms with Gasteiger partial charge in [-0.15, -0.1) is 0 Å². The number of anilines is 1. The summed E-state index contributed by atoms with van der Waals surface area (Å²) in [5, 5.41) is 3.98. The van der Waals surface area contributed by atoms with E-state index in [1.165, 1.54) is 5.56 Å². The Labute approximate surface area is 115 Å². The number of aromatic nitrogens is 1. The number of rotatable bonds is 4. The van der Waals surface area contributed by atoms with E-state index < -0.39 is 0 Å². The molecule has 0 bridgehead atoms. The van der Waals surface area contributed by atoms with Crippen LogP contribution in [0.4, 0.5) is 5.69 Å². The molecule has 2 N–H and O–H groups in total. The van der Waals surface area contributed by atoms with Crippen molar-refractivity contribution in [1.29, 1.82) is 0 Å². The van der Waals surface area contributed by atoms with E-state index in [-0.39, 0.29) is 0 Å². The van der Waals surface area contributed by atoms with Gasteiger partial charge in [-0.3, -0.25) is 4.90 Å². The molecule has 5 heteroatoms. The van der Waals surface area contributed by atoms with Gasteiger partial charge in [-0.25, -0.2) is 0 Å². The lowest BCUT2D eigenvalue weighted by atomic mass is 10.2. The zero-order valence-electron chi connectivity index (χ0n) is 10.5. The first-order valence-corrected chi connectivity index (χ1v) is 6.48. The lowest BCUT2D eigenvalue weighted by Gasteiger charge is -2.15. The first-order valence-electron chi connectivity index (χ1n) is 5.68. The summed E-state index contributed by atoms with van der Waals surface area (Å²) in [6.45, 7) is 3.46. The minimum absolute atomic E-state index is 0.754. The standard InChI is InChI=1S/C13H16BrN3O/c1-9-3-13(16-18-9)8-17(2)7-10-4-11(14)6-12(15)5-10/h3-6H,7-8,15H2,1-2H3. The SMILES string of the molecule is Cc1cc(CN(C)Cc2cc(N)cc(Br)c2)no1. The first kappa shape index (κ1) is 13.1. The molecule has 1 aromatic heterocycles. The van der Waals surface area contributed by atoms with Crippen molar-refractivity contribution in [1.82, 2.24) is 10.1 Å². The van der Waals surface area contributed by atoms with Crippen molar-refractivity contribution < 1.29 is 4.52 Å². The van der Waals surface area contributed by atoms with Crippen LogP contribution in [0.15, 0.2) is 33.3 Å². The molecule has 2 aromatic rings. The summed E-state index contributed by atoms with van der Waals surface area (Å²) in [4.78, 5) is 2.17. The van der Waals surface area contributed by atoms with Crippen LogP contribution >= 0.6 is 15.9 Å². The molecule has 0 atom stereocenters. The second-order valence-electron chi connectivity index (χ2n) is 4.49. The van der Waals surface area contributed by atoms with Gasteiger partial charge in [0.05, 0.1) is 5.69 Å². The van der Waals surface area contributed by atoms with E-state index in [1.54, 1.807) is 0 Å². The second-order valence-corrected chi connectivity index (χ2v) is 5.41. The molecule has 96 valence electrons. The summed E-state index contributed by atoms with van der Waals surface area (Å²) >= 11 is 3.45. The smallest absolute Gasteiger partial charge is 0.133 e. The molecule has 0 aliphatic rings. The highest BCUT2D eigenvalue weighted by Crippen LogP contribution is 2.18. The van der Waals surface area contributed by atoms with Crippen molar-refractivity contribution in [3.8, 4) is 0 Å². The van der Waals surface area contributed by atoms with Gasteiger partial charge in [-0.2, -0.15) is 0 Å². The van der Waals surface area contributed by atoms with E-state index in [0.29, 0.717) is 0 Å². The predicted octanol–water partition coefficient (Wildman–Crippen LogP) is 2.96. The minimum Gasteiger partial charge on any atom is -0.399 e. The van der Waals surface area contributed by atoms with Crippen LogP contribution in [-0.2, 0) is 13.1 Å². The van der Waals surface area contributed by atoms with Gasteiger partial charge in [0.15, 0.2) is 0 Å². The molecule has 0 fully saturated rings. The first-order chi connectivity index (χ1) is 8.52.